The molecule has 3 nitrogen and oxygen atoms in total. The van der Waals surface area contributed by atoms with E-state index in [0.717, 1.165) is 28.5 Å². The van der Waals surface area contributed by atoms with E-state index in [1.54, 1.807) is 0 Å². The largest absolute Gasteiger partial charge is 0.388 e. The van der Waals surface area contributed by atoms with Gasteiger partial charge in [-0.3, -0.25) is 4.79 Å². The summed E-state index contributed by atoms with van der Waals surface area (Å²) in [5.74, 6) is 2.53. The zero-order valence-electron chi connectivity index (χ0n) is 17.8. The minimum Gasteiger partial charge on any atom is -0.388 e. The Labute approximate surface area is 174 Å². The monoisotopic (exact) mass is 388 g/mol. The number of hydrogen-bond acceptors (Lipinski definition) is 3. The lowest BCUT2D eigenvalue weighted by molar-refractivity contribution is 0.0435. The van der Waals surface area contributed by atoms with Gasteiger partial charge in [0.15, 0.2) is 5.78 Å². The zero-order chi connectivity index (χ0) is 20.2. The van der Waals surface area contributed by atoms with Crippen molar-refractivity contribution in [2.24, 2.45) is 23.7 Å². The van der Waals surface area contributed by atoms with Gasteiger partial charge in [-0.1, -0.05) is 26.7 Å². The van der Waals surface area contributed by atoms with Gasteiger partial charge in [-0.2, -0.15) is 0 Å². The van der Waals surface area contributed by atoms with Crippen molar-refractivity contribution in [1.29, 1.82) is 0 Å². The van der Waals surface area contributed by atoms with E-state index in [-0.39, 0.29) is 11.3 Å². The van der Waals surface area contributed by atoms with Crippen LogP contribution < -0.4 is 10.6 Å². The molecule has 3 aliphatic rings. The predicted octanol–water partition coefficient (Wildman–Crippen LogP) is 6.39. The molecular formula is C26H32N2O. The van der Waals surface area contributed by atoms with Crippen molar-refractivity contribution in [3.8, 4) is 0 Å². The quantitative estimate of drug-likeness (QED) is 0.624. The maximum atomic E-state index is 13.5. The number of carbonyl (C=O) groups excluding carboxylic acids is 1. The third-order valence-corrected chi connectivity index (χ3v) is 8.08. The van der Waals surface area contributed by atoms with Gasteiger partial charge in [-0.25, -0.2) is 0 Å². The van der Waals surface area contributed by atoms with Crippen LogP contribution in [-0.2, 0) is 5.41 Å². The molecule has 29 heavy (non-hydrogen) atoms. The second-order valence-electron chi connectivity index (χ2n) is 9.79. The molecule has 5 rings (SSSR count). The van der Waals surface area contributed by atoms with Crippen LogP contribution >= 0.6 is 0 Å². The van der Waals surface area contributed by atoms with E-state index in [2.05, 4.69) is 66.9 Å². The number of benzene rings is 2. The smallest absolute Gasteiger partial charge is 0.166 e. The van der Waals surface area contributed by atoms with Crippen molar-refractivity contribution in [2.75, 3.05) is 17.7 Å². The molecule has 2 aromatic carbocycles. The second-order valence-corrected chi connectivity index (χ2v) is 9.79. The van der Waals surface area contributed by atoms with Crippen molar-refractivity contribution in [3.63, 3.8) is 0 Å². The topological polar surface area (TPSA) is 41.1 Å². The Hall–Kier alpha value is -2.29. The van der Waals surface area contributed by atoms with Gasteiger partial charge in [-0.05, 0) is 90.5 Å². The molecule has 0 aromatic heterocycles. The van der Waals surface area contributed by atoms with E-state index >= 15 is 0 Å². The number of hydrogen-bond donors (Lipinski definition) is 2. The number of anilines is 3. The molecule has 3 heteroatoms. The van der Waals surface area contributed by atoms with Crippen LogP contribution in [0.4, 0.5) is 17.1 Å². The van der Waals surface area contributed by atoms with Gasteiger partial charge >= 0.3 is 0 Å². The van der Waals surface area contributed by atoms with Crippen molar-refractivity contribution < 1.29 is 4.79 Å². The van der Waals surface area contributed by atoms with Gasteiger partial charge in [0.2, 0.25) is 0 Å². The van der Waals surface area contributed by atoms with E-state index in [9.17, 15) is 4.79 Å². The number of fused-ring (bicyclic) bond motifs is 4. The summed E-state index contributed by atoms with van der Waals surface area (Å²) in [5, 5.41) is 6.68. The van der Waals surface area contributed by atoms with Gasteiger partial charge in [0, 0.05) is 35.6 Å². The highest BCUT2D eigenvalue weighted by molar-refractivity contribution is 6.02. The number of carbonyl (C=O) groups is 1. The summed E-state index contributed by atoms with van der Waals surface area (Å²) in [6.07, 6.45) is 6.43. The molecule has 0 heterocycles. The maximum absolute atomic E-state index is 13.5. The fourth-order valence-corrected chi connectivity index (χ4v) is 5.94. The van der Waals surface area contributed by atoms with Gasteiger partial charge in [-0.15, -0.1) is 0 Å². The van der Waals surface area contributed by atoms with E-state index in [0.29, 0.717) is 17.6 Å². The van der Waals surface area contributed by atoms with Crippen LogP contribution in [0.25, 0.3) is 0 Å². The van der Waals surface area contributed by atoms with Gasteiger partial charge in [0.05, 0.1) is 0 Å². The molecule has 1 unspecified atom stereocenters. The molecule has 3 aliphatic carbocycles. The molecular weight excluding hydrogens is 356 g/mol. The Morgan fingerprint density at radius 1 is 1.00 bits per heavy atom. The van der Waals surface area contributed by atoms with Crippen LogP contribution in [0, 0.1) is 23.7 Å². The fraction of sp³-hybridized carbons (Fsp3) is 0.500. The molecule has 0 radical (unpaired) electrons. The van der Waals surface area contributed by atoms with E-state index in [1.807, 2.05) is 7.05 Å². The molecule has 0 spiro atoms. The van der Waals surface area contributed by atoms with E-state index in [1.165, 1.54) is 37.7 Å². The van der Waals surface area contributed by atoms with Crippen LogP contribution in [0.3, 0.4) is 0 Å². The molecule has 2 aromatic rings. The number of ketones is 1. The molecule has 2 saturated carbocycles. The Morgan fingerprint density at radius 3 is 2.38 bits per heavy atom. The summed E-state index contributed by atoms with van der Waals surface area (Å²) in [6.45, 7) is 4.73. The molecule has 152 valence electrons. The third-order valence-electron chi connectivity index (χ3n) is 8.08. The van der Waals surface area contributed by atoms with Crippen LogP contribution in [0.15, 0.2) is 42.5 Å². The molecule has 2 fully saturated rings. The highest BCUT2D eigenvalue weighted by Crippen LogP contribution is 2.56. The van der Waals surface area contributed by atoms with Crippen LogP contribution in [-0.4, -0.2) is 12.8 Å². The maximum Gasteiger partial charge on any atom is 0.166 e. The van der Waals surface area contributed by atoms with E-state index < -0.39 is 0 Å². The molecule has 2 N–H and O–H groups in total. The first-order valence-corrected chi connectivity index (χ1v) is 11.2. The predicted molar refractivity (Wildman–Crippen MR) is 120 cm³/mol. The summed E-state index contributed by atoms with van der Waals surface area (Å²) < 4.78 is 0. The summed E-state index contributed by atoms with van der Waals surface area (Å²) in [7, 11) is 1.93. The zero-order valence-corrected chi connectivity index (χ0v) is 17.8. The Kier molecular flexibility index (Phi) is 4.45. The molecule has 0 amide bonds. The average molecular weight is 389 g/mol. The lowest BCUT2D eigenvalue weighted by Gasteiger charge is -2.52. The summed E-state index contributed by atoms with van der Waals surface area (Å²) in [4.78, 5) is 13.5. The van der Waals surface area contributed by atoms with E-state index in [4.69, 9.17) is 0 Å². The lowest BCUT2D eigenvalue weighted by Crippen LogP contribution is -2.51. The molecule has 4 atom stereocenters. The van der Waals surface area contributed by atoms with Crippen molar-refractivity contribution >= 4 is 22.8 Å². The summed E-state index contributed by atoms with van der Waals surface area (Å²) >= 11 is 0. The van der Waals surface area contributed by atoms with Gasteiger partial charge < -0.3 is 10.6 Å². The van der Waals surface area contributed by atoms with Crippen LogP contribution in [0.5, 0.6) is 0 Å². The summed E-state index contributed by atoms with van der Waals surface area (Å²) in [5.41, 5.74) is 5.57. The summed E-state index contributed by atoms with van der Waals surface area (Å²) in [6, 6.07) is 14.7. The molecule has 0 saturated heterocycles. The average Bonchev–Trinajstić information content (AvgIpc) is 3.54. The normalized spacial score (nSPS) is 30.6. The standard InChI is InChI=1S/C26H32N2O/c1-16-24-18(14-17-4-5-17)12-13-26(16,2)23-15-21(10-11-22(23)25(24)29)28-20-8-6-19(27-3)7-9-20/h6-11,15-18,24,27-28H,4-5,12-14H2,1-3H3/t16-,18?,24+,26-/m0/s1. The first-order valence-electron chi connectivity index (χ1n) is 11.2. The third kappa shape index (κ3) is 3.15. The number of nitrogens with one attached hydrogen (secondary N) is 2. The van der Waals surface area contributed by atoms with Crippen molar-refractivity contribution in [2.45, 2.75) is 51.4 Å². The highest BCUT2D eigenvalue weighted by atomic mass is 16.1. The number of rotatable bonds is 5. The first-order chi connectivity index (χ1) is 14.0. The fourth-order valence-electron chi connectivity index (χ4n) is 5.94. The number of Topliss-reactive ketones (excluding diaryl/α,β-unsaturated/α-hetero) is 1. The van der Waals surface area contributed by atoms with Crippen molar-refractivity contribution in [1.82, 2.24) is 0 Å². The minimum atomic E-state index is 0.0988. The Morgan fingerprint density at radius 2 is 1.69 bits per heavy atom. The van der Waals surface area contributed by atoms with Crippen molar-refractivity contribution in [3.05, 3.63) is 53.6 Å². The Balaban J connectivity index is 1.46. The molecule has 2 bridgehead atoms. The van der Waals surface area contributed by atoms with Gasteiger partial charge in [0.1, 0.15) is 0 Å². The van der Waals surface area contributed by atoms with Crippen LogP contribution in [0.1, 0.15) is 61.9 Å². The lowest BCUT2D eigenvalue weighted by atomic mass is 9.51. The van der Waals surface area contributed by atoms with Crippen LogP contribution in [0.2, 0.25) is 0 Å². The minimum absolute atomic E-state index is 0.0988. The first kappa shape index (κ1) is 18.7. The highest BCUT2D eigenvalue weighted by Gasteiger charge is 2.53. The molecule has 0 aliphatic heterocycles. The SMILES string of the molecule is CNc1ccc(Nc2ccc3c(c2)[C@@]2(C)CCC(CC4CC4)[C@H](C3=O)[C@@H]2C)cc1. The second kappa shape index (κ2) is 6.90. The Bertz CT molecular complexity index is 930. The van der Waals surface area contributed by atoms with Gasteiger partial charge in [0.25, 0.3) is 0 Å².